The first-order chi connectivity index (χ1) is 7.22. The third-order valence-corrected chi connectivity index (χ3v) is 2.77. The number of aromatic nitrogens is 1. The molecule has 1 fully saturated rings. The molecule has 82 valence electrons. The Balaban J connectivity index is 2.13. The van der Waals surface area contributed by atoms with Gasteiger partial charge in [-0.3, -0.25) is 10.1 Å². The first-order valence-corrected chi connectivity index (χ1v) is 5.17. The second-order valence-corrected chi connectivity index (χ2v) is 3.78. The number of carbonyl (C=O) groups is 1. The molecule has 1 aliphatic heterocycles. The number of hydrogen-bond donors (Lipinski definition) is 2. The number of aryl methyl sites for hydroxylation is 1. The van der Waals surface area contributed by atoms with Crippen LogP contribution in [0.1, 0.15) is 30.6 Å². The average Bonchev–Trinajstić information content (AvgIpc) is 2.65. The van der Waals surface area contributed by atoms with E-state index in [9.17, 15) is 4.79 Å². The summed E-state index contributed by atoms with van der Waals surface area (Å²) in [5.41, 5.74) is 1.90. The number of amides is 1. The van der Waals surface area contributed by atoms with Crippen LogP contribution in [0.5, 0.6) is 0 Å². The van der Waals surface area contributed by atoms with Crippen LogP contribution in [0.3, 0.4) is 0 Å². The van der Waals surface area contributed by atoms with E-state index < -0.39 is 0 Å². The Hall–Kier alpha value is -1.36. The minimum absolute atomic E-state index is 0.0721. The lowest BCUT2D eigenvalue weighted by Crippen LogP contribution is -2.54. The molecule has 0 aliphatic carbocycles. The number of piperazine rings is 1. The lowest BCUT2D eigenvalue weighted by atomic mass is 10.0. The van der Waals surface area contributed by atoms with Gasteiger partial charge >= 0.3 is 0 Å². The monoisotopic (exact) mass is 209 g/mol. The molecule has 1 aromatic heterocycles. The smallest absolute Gasteiger partial charge is 0.237 e. The zero-order valence-corrected chi connectivity index (χ0v) is 8.91. The fourth-order valence-electron chi connectivity index (χ4n) is 1.84. The molecular weight excluding hydrogens is 194 g/mol. The molecule has 1 saturated heterocycles. The average molecular weight is 209 g/mol. The van der Waals surface area contributed by atoms with Gasteiger partial charge in [-0.2, -0.15) is 0 Å². The van der Waals surface area contributed by atoms with Crippen molar-refractivity contribution < 1.29 is 9.32 Å². The van der Waals surface area contributed by atoms with Gasteiger partial charge in [-0.05, 0) is 13.3 Å². The predicted molar refractivity (Wildman–Crippen MR) is 54.2 cm³/mol. The van der Waals surface area contributed by atoms with Crippen LogP contribution in [0.4, 0.5) is 0 Å². The molecule has 2 atom stereocenters. The zero-order valence-electron chi connectivity index (χ0n) is 8.91. The summed E-state index contributed by atoms with van der Waals surface area (Å²) in [5.74, 6) is 0.0721. The van der Waals surface area contributed by atoms with E-state index in [1.54, 1.807) is 6.26 Å². The summed E-state index contributed by atoms with van der Waals surface area (Å²) in [6.45, 7) is 4.48. The van der Waals surface area contributed by atoms with Crippen molar-refractivity contribution in [3.8, 4) is 0 Å². The third-order valence-electron chi connectivity index (χ3n) is 2.77. The van der Waals surface area contributed by atoms with Crippen LogP contribution in [-0.4, -0.2) is 23.7 Å². The normalized spacial score (nSPS) is 26.4. The topological polar surface area (TPSA) is 67.2 Å². The van der Waals surface area contributed by atoms with Crippen LogP contribution in [0, 0.1) is 6.92 Å². The molecule has 1 aliphatic rings. The molecule has 1 aromatic rings. The lowest BCUT2D eigenvalue weighted by molar-refractivity contribution is -0.125. The maximum Gasteiger partial charge on any atom is 0.237 e. The van der Waals surface area contributed by atoms with Gasteiger partial charge in [0.1, 0.15) is 6.26 Å². The first-order valence-electron chi connectivity index (χ1n) is 5.17. The third kappa shape index (κ3) is 1.87. The maximum absolute atomic E-state index is 11.4. The Bertz CT molecular complexity index is 361. The van der Waals surface area contributed by atoms with E-state index in [4.69, 9.17) is 4.52 Å². The highest BCUT2D eigenvalue weighted by Gasteiger charge is 2.28. The minimum atomic E-state index is -0.113. The van der Waals surface area contributed by atoms with Gasteiger partial charge in [-0.25, -0.2) is 0 Å². The van der Waals surface area contributed by atoms with Crippen LogP contribution >= 0.6 is 0 Å². The predicted octanol–water partition coefficient (Wildman–Crippen LogP) is 0.522. The summed E-state index contributed by atoms with van der Waals surface area (Å²) in [6.07, 6.45) is 2.42. The van der Waals surface area contributed by atoms with Gasteiger partial charge in [0, 0.05) is 12.1 Å². The second kappa shape index (κ2) is 4.02. The summed E-state index contributed by atoms with van der Waals surface area (Å²) >= 11 is 0. The largest absolute Gasteiger partial charge is 0.364 e. The summed E-state index contributed by atoms with van der Waals surface area (Å²) < 4.78 is 4.89. The summed E-state index contributed by atoms with van der Waals surface area (Å²) in [7, 11) is 0. The molecule has 0 radical (unpaired) electrons. The van der Waals surface area contributed by atoms with E-state index in [-0.39, 0.29) is 18.0 Å². The van der Waals surface area contributed by atoms with Crippen molar-refractivity contribution in [2.45, 2.75) is 32.4 Å². The molecule has 2 N–H and O–H groups in total. The van der Waals surface area contributed by atoms with E-state index in [0.29, 0.717) is 6.54 Å². The van der Waals surface area contributed by atoms with Crippen molar-refractivity contribution >= 4 is 5.91 Å². The minimum Gasteiger partial charge on any atom is -0.364 e. The van der Waals surface area contributed by atoms with Gasteiger partial charge in [0.2, 0.25) is 5.91 Å². The molecule has 15 heavy (non-hydrogen) atoms. The van der Waals surface area contributed by atoms with Gasteiger partial charge in [0.15, 0.2) is 0 Å². The molecular formula is C10H15N3O2. The van der Waals surface area contributed by atoms with Gasteiger partial charge in [-0.15, -0.1) is 0 Å². The van der Waals surface area contributed by atoms with Crippen molar-refractivity contribution in [2.75, 3.05) is 6.54 Å². The van der Waals surface area contributed by atoms with Gasteiger partial charge in [0.25, 0.3) is 0 Å². The van der Waals surface area contributed by atoms with Crippen molar-refractivity contribution in [3.63, 3.8) is 0 Å². The molecule has 2 rings (SSSR count). The molecule has 5 heteroatoms. The van der Waals surface area contributed by atoms with E-state index >= 15 is 0 Å². The molecule has 2 unspecified atom stereocenters. The zero-order chi connectivity index (χ0) is 10.8. The Morgan fingerprint density at radius 2 is 2.47 bits per heavy atom. The number of carbonyl (C=O) groups excluding carboxylic acids is 1. The summed E-state index contributed by atoms with van der Waals surface area (Å²) in [4.78, 5) is 11.4. The number of nitrogens with one attached hydrogen (secondary N) is 2. The van der Waals surface area contributed by atoms with Crippen molar-refractivity contribution in [3.05, 3.63) is 17.5 Å². The van der Waals surface area contributed by atoms with Crippen LogP contribution in [0.25, 0.3) is 0 Å². The van der Waals surface area contributed by atoms with Crippen LogP contribution in [0.2, 0.25) is 0 Å². The Morgan fingerprint density at radius 1 is 1.67 bits per heavy atom. The summed E-state index contributed by atoms with van der Waals surface area (Å²) in [6, 6.07) is -0.00282. The highest BCUT2D eigenvalue weighted by atomic mass is 16.5. The van der Waals surface area contributed by atoms with Gasteiger partial charge in [-0.1, -0.05) is 12.1 Å². The fraction of sp³-hybridized carbons (Fsp3) is 0.600. The molecule has 0 saturated carbocycles. The molecule has 1 amide bonds. The van der Waals surface area contributed by atoms with Crippen LogP contribution in [-0.2, 0) is 4.79 Å². The number of nitrogens with zero attached hydrogens (tertiary/aromatic N) is 1. The highest BCUT2D eigenvalue weighted by molar-refractivity contribution is 5.82. The van der Waals surface area contributed by atoms with E-state index in [1.807, 2.05) is 13.8 Å². The first kappa shape index (κ1) is 10.2. The Morgan fingerprint density at radius 3 is 3.07 bits per heavy atom. The van der Waals surface area contributed by atoms with Crippen molar-refractivity contribution in [1.29, 1.82) is 0 Å². The van der Waals surface area contributed by atoms with E-state index in [1.165, 1.54) is 0 Å². The second-order valence-electron chi connectivity index (χ2n) is 3.78. The van der Waals surface area contributed by atoms with Gasteiger partial charge < -0.3 is 9.84 Å². The van der Waals surface area contributed by atoms with Crippen molar-refractivity contribution in [1.82, 2.24) is 15.8 Å². The van der Waals surface area contributed by atoms with Crippen molar-refractivity contribution in [2.24, 2.45) is 0 Å². The SMILES string of the molecule is CCC1NC(c2conc2C)CNC1=O. The fourth-order valence-corrected chi connectivity index (χ4v) is 1.84. The number of rotatable bonds is 2. The van der Waals surface area contributed by atoms with Gasteiger partial charge in [0.05, 0.1) is 17.8 Å². The quantitative estimate of drug-likeness (QED) is 0.745. The highest BCUT2D eigenvalue weighted by Crippen LogP contribution is 2.19. The molecule has 5 nitrogen and oxygen atoms in total. The number of hydrogen-bond acceptors (Lipinski definition) is 4. The van der Waals surface area contributed by atoms with Crippen LogP contribution < -0.4 is 10.6 Å². The van der Waals surface area contributed by atoms with E-state index in [2.05, 4.69) is 15.8 Å². The molecule has 2 heterocycles. The maximum atomic E-state index is 11.4. The Labute approximate surface area is 88.2 Å². The standard InChI is InChI=1S/C10H15N3O2/c1-3-8-10(14)11-4-9(12-8)7-5-15-13-6(7)2/h5,8-9,12H,3-4H2,1-2H3,(H,11,14). The Kier molecular flexibility index (Phi) is 2.73. The van der Waals surface area contributed by atoms with Crippen LogP contribution in [0.15, 0.2) is 10.8 Å². The molecule has 0 aromatic carbocycles. The molecule has 0 bridgehead atoms. The molecule has 0 spiro atoms. The summed E-state index contributed by atoms with van der Waals surface area (Å²) in [5, 5.41) is 10.00. The lowest BCUT2D eigenvalue weighted by Gasteiger charge is -2.29. The van der Waals surface area contributed by atoms with E-state index in [0.717, 1.165) is 17.7 Å².